The Bertz CT molecular complexity index is 1480. The molecule has 0 fully saturated rings. The first-order valence-electron chi connectivity index (χ1n) is 13.7. The topological polar surface area (TPSA) is 112 Å². The lowest BCUT2D eigenvalue weighted by atomic mass is 9.95. The number of nitrogens with one attached hydrogen (secondary N) is 2. The van der Waals surface area contributed by atoms with Crippen molar-refractivity contribution in [2.24, 2.45) is 0 Å². The van der Waals surface area contributed by atoms with Crippen LogP contribution in [-0.2, 0) is 0 Å². The molecular weight excluding hydrogens is 526 g/mol. The summed E-state index contributed by atoms with van der Waals surface area (Å²) in [5, 5.41) is 28.2. The summed E-state index contributed by atoms with van der Waals surface area (Å²) in [6.07, 6.45) is -2.04. The number of nitrogens with zero attached hydrogens (tertiary/aromatic N) is 1. The SMILES string of the molecule is O=C(N[C@@H](c1ccccc1)[C@H](O)c1ccccc1)c1cccc(C(=O)N[C@@H](c2ccccc2)[C@H](O)c2ccccc2)n1. The second kappa shape index (κ2) is 13.5. The molecule has 0 aliphatic heterocycles. The van der Waals surface area contributed by atoms with Gasteiger partial charge in [0.2, 0.25) is 0 Å². The molecule has 0 radical (unpaired) electrons. The zero-order valence-corrected chi connectivity index (χ0v) is 22.7. The largest absolute Gasteiger partial charge is 0.386 e. The number of amides is 2. The van der Waals surface area contributed by atoms with E-state index in [1.165, 1.54) is 12.1 Å². The van der Waals surface area contributed by atoms with E-state index in [1.807, 2.05) is 97.1 Å². The maximum absolute atomic E-state index is 13.4. The Morgan fingerprint density at radius 1 is 0.452 bits per heavy atom. The summed E-state index contributed by atoms with van der Waals surface area (Å²) in [5.74, 6) is -1.09. The quantitative estimate of drug-likeness (QED) is 0.181. The molecule has 4 aromatic carbocycles. The van der Waals surface area contributed by atoms with Crippen LogP contribution in [-0.4, -0.2) is 27.0 Å². The van der Waals surface area contributed by atoms with E-state index >= 15 is 0 Å². The van der Waals surface area contributed by atoms with E-state index < -0.39 is 36.1 Å². The molecule has 0 aliphatic carbocycles. The van der Waals surface area contributed by atoms with E-state index in [4.69, 9.17) is 0 Å². The number of aromatic nitrogens is 1. The lowest BCUT2D eigenvalue weighted by Crippen LogP contribution is -2.35. The van der Waals surface area contributed by atoms with Crippen LogP contribution in [0.5, 0.6) is 0 Å². The van der Waals surface area contributed by atoms with E-state index in [0.717, 1.165) is 11.1 Å². The Hall–Kier alpha value is -5.11. The summed E-state index contributed by atoms with van der Waals surface area (Å²) in [6.45, 7) is 0. The van der Waals surface area contributed by atoms with Gasteiger partial charge in [-0.3, -0.25) is 9.59 Å². The molecule has 0 bridgehead atoms. The smallest absolute Gasteiger partial charge is 0.270 e. The minimum Gasteiger partial charge on any atom is -0.386 e. The van der Waals surface area contributed by atoms with Gasteiger partial charge in [-0.15, -0.1) is 0 Å². The van der Waals surface area contributed by atoms with Gasteiger partial charge in [0.1, 0.15) is 23.6 Å². The van der Waals surface area contributed by atoms with Crippen LogP contribution < -0.4 is 10.6 Å². The van der Waals surface area contributed by atoms with Gasteiger partial charge in [0.15, 0.2) is 0 Å². The minimum absolute atomic E-state index is 0.0173. The first-order chi connectivity index (χ1) is 20.5. The van der Waals surface area contributed by atoms with Gasteiger partial charge >= 0.3 is 0 Å². The molecule has 0 aliphatic rings. The molecule has 0 saturated carbocycles. The fourth-order valence-electron chi connectivity index (χ4n) is 4.81. The molecule has 42 heavy (non-hydrogen) atoms. The molecule has 4 N–H and O–H groups in total. The fraction of sp³-hybridized carbons (Fsp3) is 0.114. The summed E-state index contributed by atoms with van der Waals surface area (Å²) in [4.78, 5) is 31.2. The van der Waals surface area contributed by atoms with E-state index in [0.29, 0.717) is 11.1 Å². The number of hydrogen-bond donors (Lipinski definition) is 4. The predicted octanol–water partition coefficient (Wildman–Crippen LogP) is 5.49. The summed E-state index contributed by atoms with van der Waals surface area (Å²) >= 11 is 0. The van der Waals surface area contributed by atoms with Crippen molar-refractivity contribution < 1.29 is 19.8 Å². The summed E-state index contributed by atoms with van der Waals surface area (Å²) < 4.78 is 0. The third-order valence-electron chi connectivity index (χ3n) is 7.02. The number of aliphatic hydroxyl groups is 2. The molecule has 0 saturated heterocycles. The van der Waals surface area contributed by atoms with Crippen LogP contribution >= 0.6 is 0 Å². The highest BCUT2D eigenvalue weighted by Gasteiger charge is 2.28. The Morgan fingerprint density at radius 3 is 1.10 bits per heavy atom. The number of carbonyl (C=O) groups excluding carboxylic acids is 2. The zero-order chi connectivity index (χ0) is 29.3. The minimum atomic E-state index is -1.02. The average molecular weight is 558 g/mol. The first-order valence-corrected chi connectivity index (χ1v) is 13.7. The van der Waals surface area contributed by atoms with Gasteiger partial charge in [0, 0.05) is 0 Å². The zero-order valence-electron chi connectivity index (χ0n) is 22.7. The highest BCUT2D eigenvalue weighted by molar-refractivity contribution is 5.96. The normalized spacial score (nSPS) is 13.8. The summed E-state index contributed by atoms with van der Waals surface area (Å²) in [7, 11) is 0. The maximum atomic E-state index is 13.4. The van der Waals surface area contributed by atoms with Gasteiger partial charge in [-0.1, -0.05) is 127 Å². The van der Waals surface area contributed by atoms with E-state index in [2.05, 4.69) is 15.6 Å². The molecule has 7 heteroatoms. The van der Waals surface area contributed by atoms with Crippen LogP contribution in [0.1, 0.15) is 67.5 Å². The number of aliphatic hydroxyl groups excluding tert-OH is 2. The third kappa shape index (κ3) is 6.78. The molecule has 0 unspecified atom stereocenters. The van der Waals surface area contributed by atoms with E-state index in [-0.39, 0.29) is 11.4 Å². The maximum Gasteiger partial charge on any atom is 0.270 e. The van der Waals surface area contributed by atoms with Crippen molar-refractivity contribution in [1.29, 1.82) is 0 Å². The number of carbonyl (C=O) groups is 2. The van der Waals surface area contributed by atoms with Crippen LogP contribution in [0.2, 0.25) is 0 Å². The number of pyridine rings is 1. The third-order valence-corrected chi connectivity index (χ3v) is 7.02. The van der Waals surface area contributed by atoms with E-state index in [1.54, 1.807) is 30.3 Å². The van der Waals surface area contributed by atoms with Gasteiger partial charge in [0.25, 0.3) is 11.8 Å². The lowest BCUT2D eigenvalue weighted by molar-refractivity contribution is 0.0819. The average Bonchev–Trinajstić information content (AvgIpc) is 3.07. The molecule has 5 rings (SSSR count). The monoisotopic (exact) mass is 557 g/mol. The van der Waals surface area contributed by atoms with Gasteiger partial charge in [-0.25, -0.2) is 4.98 Å². The first kappa shape index (κ1) is 28.4. The molecule has 2 amide bonds. The van der Waals surface area contributed by atoms with Gasteiger partial charge in [-0.05, 0) is 34.4 Å². The number of benzene rings is 4. The second-order valence-electron chi connectivity index (χ2n) is 9.84. The molecule has 1 heterocycles. The molecule has 5 aromatic rings. The van der Waals surface area contributed by atoms with Crippen molar-refractivity contribution in [2.45, 2.75) is 24.3 Å². The van der Waals surface area contributed by atoms with Crippen molar-refractivity contribution in [2.75, 3.05) is 0 Å². The summed E-state index contributed by atoms with van der Waals surface area (Å²) in [6, 6.07) is 39.6. The standard InChI is InChI=1S/C35H31N3O4/c39-32(26-18-9-3-10-19-26)30(24-14-5-1-6-15-24)37-34(41)28-22-13-23-29(36-28)35(42)38-31(25-16-7-2-8-17-25)33(40)27-20-11-4-12-21-27/h1-23,30-33,39-40H,(H,37,41)(H,38,42)/t30-,31-,32+,33+/m0/s1. The molecule has 4 atom stereocenters. The van der Waals surface area contributed by atoms with Crippen LogP contribution in [0.4, 0.5) is 0 Å². The van der Waals surface area contributed by atoms with Crippen LogP contribution in [0, 0.1) is 0 Å². The van der Waals surface area contributed by atoms with Crippen molar-refractivity contribution >= 4 is 11.8 Å². The molecule has 1 aromatic heterocycles. The Balaban J connectivity index is 1.38. The number of hydrogen-bond acceptors (Lipinski definition) is 5. The Kier molecular flexibility index (Phi) is 9.13. The summed E-state index contributed by atoms with van der Waals surface area (Å²) in [5.41, 5.74) is 2.77. The Morgan fingerprint density at radius 2 is 0.762 bits per heavy atom. The van der Waals surface area contributed by atoms with Crippen LogP contribution in [0.3, 0.4) is 0 Å². The van der Waals surface area contributed by atoms with Crippen molar-refractivity contribution in [3.63, 3.8) is 0 Å². The second-order valence-corrected chi connectivity index (χ2v) is 9.84. The van der Waals surface area contributed by atoms with Gasteiger partial charge in [-0.2, -0.15) is 0 Å². The molecule has 7 nitrogen and oxygen atoms in total. The van der Waals surface area contributed by atoms with Gasteiger partial charge in [0.05, 0.1) is 12.1 Å². The molecule has 0 spiro atoms. The number of rotatable bonds is 10. The van der Waals surface area contributed by atoms with Gasteiger partial charge < -0.3 is 20.8 Å². The van der Waals surface area contributed by atoms with Crippen LogP contribution in [0.25, 0.3) is 0 Å². The highest BCUT2D eigenvalue weighted by atomic mass is 16.3. The van der Waals surface area contributed by atoms with Crippen molar-refractivity contribution in [3.05, 3.63) is 173 Å². The highest BCUT2D eigenvalue weighted by Crippen LogP contribution is 2.30. The van der Waals surface area contributed by atoms with Crippen LogP contribution in [0.15, 0.2) is 140 Å². The van der Waals surface area contributed by atoms with E-state index in [9.17, 15) is 19.8 Å². The molecular formula is C35H31N3O4. The Labute approximate surface area is 244 Å². The lowest BCUT2D eigenvalue weighted by Gasteiger charge is -2.25. The van der Waals surface area contributed by atoms with Crippen molar-refractivity contribution in [1.82, 2.24) is 15.6 Å². The predicted molar refractivity (Wildman–Crippen MR) is 160 cm³/mol. The molecule has 210 valence electrons. The van der Waals surface area contributed by atoms with Crippen molar-refractivity contribution in [3.8, 4) is 0 Å². The fourth-order valence-corrected chi connectivity index (χ4v) is 4.81.